The van der Waals surface area contributed by atoms with Crippen molar-refractivity contribution in [3.8, 4) is 0 Å². The smallest absolute Gasteiger partial charge is 0.165 e. The number of carbonyl (C=O) groups excluding carboxylic acids is 1. The average Bonchev–Trinajstić information content (AvgIpc) is 2.17. The fourth-order valence-corrected chi connectivity index (χ4v) is 1.41. The van der Waals surface area contributed by atoms with E-state index in [1.165, 1.54) is 12.3 Å². The summed E-state index contributed by atoms with van der Waals surface area (Å²) in [4.78, 5) is 15.2. The first-order valence-corrected chi connectivity index (χ1v) is 5.24. The molecule has 0 unspecified atom stereocenters. The van der Waals surface area contributed by atoms with Crippen LogP contribution < -0.4 is 0 Å². The number of nitrogens with zero attached hydrogens (tertiary/aromatic N) is 1. The molecule has 0 saturated heterocycles. The van der Waals surface area contributed by atoms with Gasteiger partial charge in [-0.25, -0.2) is 4.39 Å². The van der Waals surface area contributed by atoms with Crippen molar-refractivity contribution in [2.75, 3.05) is 0 Å². The summed E-state index contributed by atoms with van der Waals surface area (Å²) in [5.41, 5.74) is 0.161. The number of rotatable bonds is 5. The summed E-state index contributed by atoms with van der Waals surface area (Å²) >= 11 is 0. The van der Waals surface area contributed by atoms with Crippen LogP contribution in [-0.2, 0) is 0 Å². The van der Waals surface area contributed by atoms with E-state index in [1.54, 1.807) is 0 Å². The van der Waals surface area contributed by atoms with Gasteiger partial charge in [0.2, 0.25) is 0 Å². The molecular formula is C12H16FNO. The van der Waals surface area contributed by atoms with E-state index in [0.717, 1.165) is 19.0 Å². The normalized spacial score (nSPS) is 10.7. The molecule has 0 aliphatic heterocycles. The molecule has 3 heteroatoms. The highest BCUT2D eigenvalue weighted by Crippen LogP contribution is 2.12. The monoisotopic (exact) mass is 209 g/mol. The van der Waals surface area contributed by atoms with Crippen molar-refractivity contribution in [3.05, 3.63) is 29.8 Å². The molecule has 15 heavy (non-hydrogen) atoms. The predicted octanol–water partition coefficient (Wildman–Crippen LogP) is 3.23. The SMILES string of the molecule is CC(C)CCCC(=O)c1ccncc1F. The summed E-state index contributed by atoms with van der Waals surface area (Å²) in [7, 11) is 0. The first-order valence-electron chi connectivity index (χ1n) is 5.24. The molecule has 0 aliphatic rings. The van der Waals surface area contributed by atoms with Crippen LogP contribution in [0.3, 0.4) is 0 Å². The van der Waals surface area contributed by atoms with Crippen molar-refractivity contribution >= 4 is 5.78 Å². The van der Waals surface area contributed by atoms with Gasteiger partial charge in [-0.3, -0.25) is 9.78 Å². The number of hydrogen-bond acceptors (Lipinski definition) is 2. The van der Waals surface area contributed by atoms with E-state index in [-0.39, 0.29) is 11.3 Å². The number of Topliss-reactive ketones (excluding diaryl/α,β-unsaturated/α-hetero) is 1. The molecule has 2 nitrogen and oxygen atoms in total. The Labute approximate surface area is 89.5 Å². The van der Waals surface area contributed by atoms with Gasteiger partial charge in [0.15, 0.2) is 11.6 Å². The van der Waals surface area contributed by atoms with Crippen molar-refractivity contribution in [3.63, 3.8) is 0 Å². The molecule has 0 atom stereocenters. The lowest BCUT2D eigenvalue weighted by molar-refractivity contribution is 0.0974. The van der Waals surface area contributed by atoms with E-state index in [2.05, 4.69) is 18.8 Å². The van der Waals surface area contributed by atoms with E-state index in [9.17, 15) is 9.18 Å². The molecule has 0 bridgehead atoms. The third kappa shape index (κ3) is 3.78. The standard InChI is InChI=1S/C12H16FNO/c1-9(2)4-3-5-12(15)10-6-7-14-8-11(10)13/h6-9H,3-5H2,1-2H3. The van der Waals surface area contributed by atoms with E-state index >= 15 is 0 Å². The minimum atomic E-state index is -0.521. The molecule has 0 aliphatic carbocycles. The third-order valence-electron chi connectivity index (χ3n) is 2.26. The largest absolute Gasteiger partial charge is 0.294 e. The Morgan fingerprint density at radius 1 is 1.53 bits per heavy atom. The van der Waals surface area contributed by atoms with Crippen LogP contribution in [0.2, 0.25) is 0 Å². The molecule has 82 valence electrons. The van der Waals surface area contributed by atoms with Crippen molar-refractivity contribution in [1.82, 2.24) is 4.98 Å². The van der Waals surface area contributed by atoms with Crippen LogP contribution in [0, 0.1) is 11.7 Å². The number of ketones is 1. The Balaban J connectivity index is 2.51. The van der Waals surface area contributed by atoms with E-state index in [0.29, 0.717) is 12.3 Å². The molecule has 0 fully saturated rings. The van der Waals surface area contributed by atoms with Gasteiger partial charge in [-0.15, -0.1) is 0 Å². The summed E-state index contributed by atoms with van der Waals surface area (Å²) in [5, 5.41) is 0. The van der Waals surface area contributed by atoms with Crippen molar-refractivity contribution in [2.45, 2.75) is 33.1 Å². The van der Waals surface area contributed by atoms with Gasteiger partial charge in [0.05, 0.1) is 11.8 Å². The molecular weight excluding hydrogens is 193 g/mol. The molecule has 0 saturated carbocycles. The van der Waals surface area contributed by atoms with Crippen LogP contribution in [0.25, 0.3) is 0 Å². The van der Waals surface area contributed by atoms with Gasteiger partial charge in [0, 0.05) is 12.6 Å². The average molecular weight is 209 g/mol. The zero-order chi connectivity index (χ0) is 11.3. The highest BCUT2D eigenvalue weighted by Gasteiger charge is 2.10. The van der Waals surface area contributed by atoms with Gasteiger partial charge < -0.3 is 0 Å². The lowest BCUT2D eigenvalue weighted by Crippen LogP contribution is -2.03. The lowest BCUT2D eigenvalue weighted by atomic mass is 10.0. The Hall–Kier alpha value is -1.25. The van der Waals surface area contributed by atoms with Gasteiger partial charge in [-0.2, -0.15) is 0 Å². The molecule has 0 radical (unpaired) electrons. The minimum absolute atomic E-state index is 0.129. The van der Waals surface area contributed by atoms with Crippen LogP contribution in [0.15, 0.2) is 18.5 Å². The molecule has 0 aromatic carbocycles. The van der Waals surface area contributed by atoms with Crippen molar-refractivity contribution < 1.29 is 9.18 Å². The Bertz CT molecular complexity index is 336. The quantitative estimate of drug-likeness (QED) is 0.697. The number of carbonyl (C=O) groups is 1. The first kappa shape index (κ1) is 11.8. The molecule has 1 heterocycles. The summed E-state index contributed by atoms with van der Waals surface area (Å²) in [6.45, 7) is 4.22. The lowest BCUT2D eigenvalue weighted by Gasteiger charge is -2.04. The maximum atomic E-state index is 13.1. The fraction of sp³-hybridized carbons (Fsp3) is 0.500. The Morgan fingerprint density at radius 2 is 2.27 bits per heavy atom. The van der Waals surface area contributed by atoms with Crippen LogP contribution >= 0.6 is 0 Å². The van der Waals surface area contributed by atoms with Crippen LogP contribution in [0.1, 0.15) is 43.5 Å². The molecule has 1 aromatic rings. The Kier molecular flexibility index (Phi) is 4.40. The maximum absolute atomic E-state index is 13.1. The fourth-order valence-electron chi connectivity index (χ4n) is 1.41. The van der Waals surface area contributed by atoms with E-state index in [4.69, 9.17) is 0 Å². The molecule has 0 spiro atoms. The number of pyridine rings is 1. The topological polar surface area (TPSA) is 30.0 Å². The summed E-state index contributed by atoms with van der Waals surface area (Å²) in [5.74, 6) is -0.0670. The second kappa shape index (κ2) is 5.59. The third-order valence-corrected chi connectivity index (χ3v) is 2.26. The van der Waals surface area contributed by atoms with Gasteiger partial charge >= 0.3 is 0 Å². The van der Waals surface area contributed by atoms with Crippen molar-refractivity contribution in [1.29, 1.82) is 0 Å². The van der Waals surface area contributed by atoms with Crippen LogP contribution in [-0.4, -0.2) is 10.8 Å². The maximum Gasteiger partial charge on any atom is 0.165 e. The highest BCUT2D eigenvalue weighted by atomic mass is 19.1. The number of hydrogen-bond donors (Lipinski definition) is 0. The van der Waals surface area contributed by atoms with Crippen LogP contribution in [0.5, 0.6) is 0 Å². The summed E-state index contributed by atoms with van der Waals surface area (Å²) in [6.07, 6.45) is 4.75. The van der Waals surface area contributed by atoms with Gasteiger partial charge in [-0.05, 0) is 18.4 Å². The first-order chi connectivity index (χ1) is 7.11. The second-order valence-electron chi connectivity index (χ2n) is 4.06. The summed E-state index contributed by atoms with van der Waals surface area (Å²) < 4.78 is 13.1. The van der Waals surface area contributed by atoms with Gasteiger partial charge in [0.1, 0.15) is 0 Å². The Morgan fingerprint density at radius 3 is 2.87 bits per heavy atom. The zero-order valence-corrected chi connectivity index (χ0v) is 9.16. The highest BCUT2D eigenvalue weighted by molar-refractivity contribution is 5.96. The predicted molar refractivity (Wildman–Crippen MR) is 57.2 cm³/mol. The molecule has 0 N–H and O–H groups in total. The van der Waals surface area contributed by atoms with E-state index < -0.39 is 5.82 Å². The van der Waals surface area contributed by atoms with Gasteiger partial charge in [-0.1, -0.05) is 20.3 Å². The van der Waals surface area contributed by atoms with Crippen molar-refractivity contribution in [2.24, 2.45) is 5.92 Å². The molecule has 1 rings (SSSR count). The number of aromatic nitrogens is 1. The molecule has 0 amide bonds. The molecule has 1 aromatic heterocycles. The minimum Gasteiger partial charge on any atom is -0.294 e. The summed E-state index contributed by atoms with van der Waals surface area (Å²) in [6, 6.07) is 1.44. The van der Waals surface area contributed by atoms with Gasteiger partial charge in [0.25, 0.3) is 0 Å². The van der Waals surface area contributed by atoms with Crippen LogP contribution in [0.4, 0.5) is 4.39 Å². The number of halogens is 1. The second-order valence-corrected chi connectivity index (χ2v) is 4.06. The van der Waals surface area contributed by atoms with E-state index in [1.807, 2.05) is 0 Å². The zero-order valence-electron chi connectivity index (χ0n) is 9.16.